The van der Waals surface area contributed by atoms with E-state index in [-0.39, 0.29) is 36.7 Å². The summed E-state index contributed by atoms with van der Waals surface area (Å²) in [5.41, 5.74) is 4.41. The number of rotatable bonds is 20. The molecule has 0 aliphatic rings. The van der Waals surface area contributed by atoms with Crippen LogP contribution < -0.4 is 10.6 Å². The van der Waals surface area contributed by atoms with Crippen molar-refractivity contribution < 1.29 is 19.1 Å². The molecule has 10 heteroatoms. The SMILES string of the molecule is CC[C@H](C)[C@@H](CN(CC(=O)N[C@@H](CCSC)C(=O)OC)Cc1cccc2ccccc12)NC(=O)Cc1cncn1/C=C(\C)CCC=C(C)C. The molecule has 0 fully saturated rings. The molecule has 9 nitrogen and oxygen atoms in total. The monoisotopic (exact) mass is 689 g/mol. The standard InChI is InChI=1S/C39H55N5O4S/c1-8-30(5)36(42-37(45)21-33-22-40-27-44(33)23-29(4)14-11-13-28(2)3)25-43(24-32-17-12-16-31-15-9-10-18-34(31)32)26-38(46)41-35(19-20-49-7)39(47)48-6/h9-10,12-13,15-18,22-23,27,30,35-36H,8,11,14,19-21,24-26H2,1-7H3,(H,41,46)(H,42,45)/b29-23+/t30-,35-,36+/m0/s1. The van der Waals surface area contributed by atoms with Gasteiger partial charge in [0.1, 0.15) is 6.04 Å². The van der Waals surface area contributed by atoms with E-state index < -0.39 is 12.0 Å². The summed E-state index contributed by atoms with van der Waals surface area (Å²) in [6, 6.07) is 13.5. The molecule has 49 heavy (non-hydrogen) atoms. The molecule has 0 saturated carbocycles. The largest absolute Gasteiger partial charge is 0.467 e. The van der Waals surface area contributed by atoms with Crippen LogP contribution in [0.5, 0.6) is 0 Å². The van der Waals surface area contributed by atoms with Crippen molar-refractivity contribution in [2.45, 2.75) is 85.4 Å². The number of nitrogens with one attached hydrogen (secondary N) is 2. The summed E-state index contributed by atoms with van der Waals surface area (Å²) in [4.78, 5) is 46.0. The Morgan fingerprint density at radius 1 is 1.06 bits per heavy atom. The van der Waals surface area contributed by atoms with E-state index in [1.165, 1.54) is 18.3 Å². The maximum atomic E-state index is 13.6. The van der Waals surface area contributed by atoms with E-state index in [9.17, 15) is 14.4 Å². The molecule has 3 atom stereocenters. The van der Waals surface area contributed by atoms with Crippen LogP contribution in [-0.2, 0) is 32.1 Å². The van der Waals surface area contributed by atoms with Crippen molar-refractivity contribution in [3.05, 3.63) is 83.5 Å². The Labute approximate surface area is 296 Å². The molecule has 2 amide bonds. The Kier molecular flexibility index (Phi) is 16.6. The van der Waals surface area contributed by atoms with Crippen LogP contribution >= 0.6 is 11.8 Å². The summed E-state index contributed by atoms with van der Waals surface area (Å²) < 4.78 is 6.91. The van der Waals surface area contributed by atoms with Crippen LogP contribution in [0.3, 0.4) is 0 Å². The average Bonchev–Trinajstić information content (AvgIpc) is 3.50. The lowest BCUT2D eigenvalue weighted by Gasteiger charge is -2.32. The fraction of sp³-hybridized carbons (Fsp3) is 0.487. The van der Waals surface area contributed by atoms with Gasteiger partial charge >= 0.3 is 5.97 Å². The molecule has 3 rings (SSSR count). The molecule has 1 aromatic heterocycles. The van der Waals surface area contributed by atoms with Crippen LogP contribution in [0.2, 0.25) is 0 Å². The summed E-state index contributed by atoms with van der Waals surface area (Å²) in [7, 11) is 1.34. The lowest BCUT2D eigenvalue weighted by Crippen LogP contribution is -2.51. The van der Waals surface area contributed by atoms with Crippen LogP contribution in [0.1, 0.15) is 71.6 Å². The van der Waals surface area contributed by atoms with E-state index in [0.29, 0.717) is 25.3 Å². The minimum absolute atomic E-state index is 0.0579. The number of amides is 2. The number of nitrogens with zero attached hydrogens (tertiary/aromatic N) is 3. The van der Waals surface area contributed by atoms with Gasteiger partial charge in [0, 0.05) is 31.5 Å². The van der Waals surface area contributed by atoms with Gasteiger partial charge in [-0.2, -0.15) is 11.8 Å². The zero-order valence-electron chi connectivity index (χ0n) is 30.3. The fourth-order valence-corrected chi connectivity index (χ4v) is 6.23. The zero-order valence-corrected chi connectivity index (χ0v) is 31.1. The number of ether oxygens (including phenoxy) is 1. The summed E-state index contributed by atoms with van der Waals surface area (Å²) in [6.07, 6.45) is 13.1. The van der Waals surface area contributed by atoms with Crippen LogP contribution in [0.25, 0.3) is 17.0 Å². The highest BCUT2D eigenvalue weighted by Gasteiger charge is 2.26. The average molecular weight is 690 g/mol. The van der Waals surface area contributed by atoms with E-state index >= 15 is 0 Å². The highest BCUT2D eigenvalue weighted by molar-refractivity contribution is 7.98. The Morgan fingerprint density at radius 3 is 2.53 bits per heavy atom. The predicted octanol–water partition coefficient (Wildman–Crippen LogP) is 6.63. The minimum Gasteiger partial charge on any atom is -0.467 e. The van der Waals surface area contributed by atoms with Gasteiger partial charge in [-0.1, -0.05) is 80.0 Å². The van der Waals surface area contributed by atoms with Crippen LogP contribution in [-0.4, -0.2) is 76.5 Å². The highest BCUT2D eigenvalue weighted by Crippen LogP contribution is 2.21. The number of allylic oxidation sites excluding steroid dienone is 3. The molecule has 3 aromatic rings. The maximum absolute atomic E-state index is 13.6. The molecule has 1 heterocycles. The van der Waals surface area contributed by atoms with Crippen molar-refractivity contribution >= 4 is 46.5 Å². The Morgan fingerprint density at radius 2 is 1.82 bits per heavy atom. The Bertz CT molecular complexity index is 1570. The van der Waals surface area contributed by atoms with Gasteiger partial charge < -0.3 is 19.9 Å². The number of benzene rings is 2. The first-order chi connectivity index (χ1) is 23.5. The van der Waals surface area contributed by atoms with Gasteiger partial charge in [-0.3, -0.25) is 14.5 Å². The molecule has 0 saturated heterocycles. The second kappa shape index (κ2) is 20.6. The number of imidazole rings is 1. The molecule has 266 valence electrons. The molecular formula is C39H55N5O4S. The predicted molar refractivity (Wildman–Crippen MR) is 202 cm³/mol. The van der Waals surface area contributed by atoms with Gasteiger partial charge in [0.15, 0.2) is 0 Å². The van der Waals surface area contributed by atoms with Gasteiger partial charge in [-0.25, -0.2) is 9.78 Å². The molecule has 0 radical (unpaired) electrons. The van der Waals surface area contributed by atoms with Crippen molar-refractivity contribution in [1.29, 1.82) is 0 Å². The molecule has 2 aromatic carbocycles. The van der Waals surface area contributed by atoms with E-state index in [2.05, 4.69) is 85.5 Å². The molecule has 0 aliphatic heterocycles. The zero-order chi connectivity index (χ0) is 35.8. The maximum Gasteiger partial charge on any atom is 0.328 e. The van der Waals surface area contributed by atoms with Gasteiger partial charge in [0.05, 0.1) is 32.1 Å². The Hall–Kier alpha value is -3.89. The third-order valence-corrected chi connectivity index (χ3v) is 9.39. The van der Waals surface area contributed by atoms with E-state index in [1.54, 1.807) is 24.3 Å². The molecular weight excluding hydrogens is 635 g/mol. The van der Waals surface area contributed by atoms with Gasteiger partial charge in [-0.05, 0) is 74.3 Å². The number of thioether (sulfide) groups is 1. The third-order valence-electron chi connectivity index (χ3n) is 8.74. The van der Waals surface area contributed by atoms with Crippen molar-refractivity contribution in [1.82, 2.24) is 25.1 Å². The Balaban J connectivity index is 1.82. The lowest BCUT2D eigenvalue weighted by atomic mass is 9.97. The number of fused-ring (bicyclic) bond motifs is 1. The second-order valence-electron chi connectivity index (χ2n) is 13.1. The quantitative estimate of drug-likeness (QED) is 0.101. The molecule has 0 unspecified atom stereocenters. The van der Waals surface area contributed by atoms with Crippen LogP contribution in [0.15, 0.2) is 72.2 Å². The summed E-state index contributed by atoms with van der Waals surface area (Å²) in [5, 5.41) is 8.44. The van der Waals surface area contributed by atoms with Gasteiger partial charge in [0.25, 0.3) is 0 Å². The van der Waals surface area contributed by atoms with E-state index in [1.807, 2.05) is 35.2 Å². The first-order valence-electron chi connectivity index (χ1n) is 17.2. The summed E-state index contributed by atoms with van der Waals surface area (Å²) in [5.74, 6) is 0.0478. The molecule has 0 aliphatic carbocycles. The first kappa shape index (κ1) is 39.5. The molecule has 0 bridgehead atoms. The third kappa shape index (κ3) is 13.2. The van der Waals surface area contributed by atoms with E-state index in [4.69, 9.17) is 4.74 Å². The lowest BCUT2D eigenvalue weighted by molar-refractivity contribution is -0.145. The molecule has 0 spiro atoms. The minimum atomic E-state index is -0.718. The normalized spacial score (nSPS) is 13.5. The fourth-order valence-electron chi connectivity index (χ4n) is 5.75. The highest BCUT2D eigenvalue weighted by atomic mass is 32.2. The number of carbonyl (C=O) groups is 3. The number of hydrogen-bond acceptors (Lipinski definition) is 7. The van der Waals surface area contributed by atoms with Crippen molar-refractivity contribution in [2.75, 3.05) is 32.2 Å². The molecule has 2 N–H and O–H groups in total. The summed E-state index contributed by atoms with van der Waals surface area (Å²) in [6.45, 7) is 11.5. The van der Waals surface area contributed by atoms with Crippen LogP contribution in [0, 0.1) is 5.92 Å². The van der Waals surface area contributed by atoms with Crippen molar-refractivity contribution in [3.63, 3.8) is 0 Å². The number of esters is 1. The number of carbonyl (C=O) groups excluding carboxylic acids is 3. The first-order valence-corrected chi connectivity index (χ1v) is 18.6. The van der Waals surface area contributed by atoms with Gasteiger partial charge in [-0.15, -0.1) is 0 Å². The number of aromatic nitrogens is 2. The van der Waals surface area contributed by atoms with Crippen LogP contribution in [0.4, 0.5) is 0 Å². The number of methoxy groups -OCH3 is 1. The van der Waals surface area contributed by atoms with E-state index in [0.717, 1.165) is 41.3 Å². The smallest absolute Gasteiger partial charge is 0.328 e. The van der Waals surface area contributed by atoms with Gasteiger partial charge in [0.2, 0.25) is 11.8 Å². The second-order valence-corrected chi connectivity index (χ2v) is 14.0. The van der Waals surface area contributed by atoms with Crippen molar-refractivity contribution in [3.8, 4) is 0 Å². The number of hydrogen-bond donors (Lipinski definition) is 2. The summed E-state index contributed by atoms with van der Waals surface area (Å²) >= 11 is 1.61. The topological polar surface area (TPSA) is 106 Å². The van der Waals surface area contributed by atoms with Crippen molar-refractivity contribution in [2.24, 2.45) is 5.92 Å².